The maximum Gasteiger partial charge on any atom is 0.327 e. The first kappa shape index (κ1) is 12.6. The Hall–Kier alpha value is -1.81. The Kier molecular flexibility index (Phi) is 3.67. The lowest BCUT2D eigenvalue weighted by Crippen LogP contribution is -2.29. The standard InChI is InChI=1S/C14H19N3O/c1-11-4-6-12(7-5-11)13(15-2)10-17-9-8-16(3)14(17)18/h4-9,13,15H,10H2,1-3H3. The third kappa shape index (κ3) is 2.54. The summed E-state index contributed by atoms with van der Waals surface area (Å²) in [4.78, 5) is 11.8. The normalized spacial score (nSPS) is 12.6. The molecule has 0 saturated carbocycles. The minimum absolute atomic E-state index is 0.0161. The van der Waals surface area contributed by atoms with E-state index in [9.17, 15) is 4.79 Å². The van der Waals surface area contributed by atoms with E-state index >= 15 is 0 Å². The van der Waals surface area contributed by atoms with Crippen LogP contribution in [0.15, 0.2) is 41.5 Å². The molecule has 4 heteroatoms. The van der Waals surface area contributed by atoms with E-state index in [2.05, 4.69) is 36.5 Å². The summed E-state index contributed by atoms with van der Waals surface area (Å²) in [7, 11) is 3.68. The molecule has 1 aromatic carbocycles. The smallest absolute Gasteiger partial charge is 0.312 e. The fourth-order valence-electron chi connectivity index (χ4n) is 2.01. The van der Waals surface area contributed by atoms with Crippen LogP contribution in [0.1, 0.15) is 17.2 Å². The van der Waals surface area contributed by atoms with Crippen LogP contribution in [0.25, 0.3) is 0 Å². The predicted molar refractivity (Wildman–Crippen MR) is 72.7 cm³/mol. The molecule has 18 heavy (non-hydrogen) atoms. The molecule has 1 aromatic heterocycles. The van der Waals surface area contributed by atoms with Gasteiger partial charge in [0.25, 0.3) is 0 Å². The molecular formula is C14H19N3O. The molecule has 0 aliphatic carbocycles. The van der Waals surface area contributed by atoms with Gasteiger partial charge in [-0.15, -0.1) is 0 Å². The summed E-state index contributed by atoms with van der Waals surface area (Å²) in [6.07, 6.45) is 3.60. The van der Waals surface area contributed by atoms with Gasteiger partial charge in [-0.3, -0.25) is 4.57 Å². The van der Waals surface area contributed by atoms with Crippen molar-refractivity contribution in [1.82, 2.24) is 14.5 Å². The third-order valence-corrected chi connectivity index (χ3v) is 3.23. The van der Waals surface area contributed by atoms with Crippen molar-refractivity contribution in [2.75, 3.05) is 7.05 Å². The highest BCUT2D eigenvalue weighted by Crippen LogP contribution is 2.14. The summed E-state index contributed by atoms with van der Waals surface area (Å²) < 4.78 is 3.31. The van der Waals surface area contributed by atoms with Crippen LogP contribution < -0.4 is 11.0 Å². The summed E-state index contributed by atoms with van der Waals surface area (Å²) in [5.74, 6) is 0. The molecule has 0 spiro atoms. The van der Waals surface area contributed by atoms with Gasteiger partial charge in [-0.05, 0) is 19.5 Å². The van der Waals surface area contributed by atoms with Crippen molar-refractivity contribution < 1.29 is 0 Å². The monoisotopic (exact) mass is 245 g/mol. The van der Waals surface area contributed by atoms with Crippen molar-refractivity contribution in [2.45, 2.75) is 19.5 Å². The van der Waals surface area contributed by atoms with Crippen molar-refractivity contribution in [3.05, 3.63) is 58.3 Å². The van der Waals surface area contributed by atoms with E-state index in [1.54, 1.807) is 22.4 Å². The summed E-state index contributed by atoms with van der Waals surface area (Å²) in [6.45, 7) is 2.71. The quantitative estimate of drug-likeness (QED) is 0.885. The fraction of sp³-hybridized carbons (Fsp3) is 0.357. The first-order valence-corrected chi connectivity index (χ1v) is 6.07. The second-order valence-corrected chi connectivity index (χ2v) is 4.60. The van der Waals surface area contributed by atoms with Crippen molar-refractivity contribution in [1.29, 1.82) is 0 Å². The molecule has 0 radical (unpaired) electrons. The zero-order valence-electron chi connectivity index (χ0n) is 11.1. The largest absolute Gasteiger partial charge is 0.327 e. The van der Waals surface area contributed by atoms with E-state index in [1.165, 1.54) is 11.1 Å². The maximum atomic E-state index is 11.8. The summed E-state index contributed by atoms with van der Waals surface area (Å²) in [5.41, 5.74) is 2.45. The molecule has 2 aromatic rings. The first-order chi connectivity index (χ1) is 8.61. The topological polar surface area (TPSA) is 39.0 Å². The van der Waals surface area contributed by atoms with Crippen molar-refractivity contribution in [3.8, 4) is 0 Å². The summed E-state index contributed by atoms with van der Waals surface area (Å²) in [6, 6.07) is 8.53. The van der Waals surface area contributed by atoms with Gasteiger partial charge in [-0.1, -0.05) is 29.8 Å². The van der Waals surface area contributed by atoms with Gasteiger partial charge in [0, 0.05) is 26.0 Å². The number of aromatic nitrogens is 2. The lowest BCUT2D eigenvalue weighted by molar-refractivity contribution is 0.487. The van der Waals surface area contributed by atoms with Gasteiger partial charge in [0.15, 0.2) is 0 Å². The molecule has 0 aliphatic rings. The average molecular weight is 245 g/mol. The summed E-state index contributed by atoms with van der Waals surface area (Å²) in [5, 5.41) is 3.25. The Morgan fingerprint density at radius 1 is 1.22 bits per heavy atom. The number of nitrogens with one attached hydrogen (secondary N) is 1. The number of rotatable bonds is 4. The number of hydrogen-bond acceptors (Lipinski definition) is 2. The fourth-order valence-corrected chi connectivity index (χ4v) is 2.01. The molecule has 1 heterocycles. The molecular weight excluding hydrogens is 226 g/mol. The Balaban J connectivity index is 2.22. The molecule has 0 amide bonds. The Labute approximate surface area is 107 Å². The van der Waals surface area contributed by atoms with Crippen LogP contribution in [0.5, 0.6) is 0 Å². The van der Waals surface area contributed by atoms with Crippen LogP contribution in [0.2, 0.25) is 0 Å². The first-order valence-electron chi connectivity index (χ1n) is 6.07. The van der Waals surface area contributed by atoms with Gasteiger partial charge in [0.2, 0.25) is 0 Å². The van der Waals surface area contributed by atoms with Gasteiger partial charge in [-0.25, -0.2) is 4.79 Å². The minimum atomic E-state index is 0.0161. The predicted octanol–water partition coefficient (Wildman–Crippen LogP) is 1.46. The van der Waals surface area contributed by atoms with Gasteiger partial charge < -0.3 is 9.88 Å². The van der Waals surface area contributed by atoms with Crippen LogP contribution in [0.4, 0.5) is 0 Å². The SMILES string of the molecule is CNC(Cn1ccn(C)c1=O)c1ccc(C)cc1. The number of aryl methyl sites for hydroxylation is 2. The van der Waals surface area contributed by atoms with Gasteiger partial charge >= 0.3 is 5.69 Å². The molecule has 0 aliphatic heterocycles. The van der Waals surface area contributed by atoms with E-state index in [0.29, 0.717) is 6.54 Å². The highest BCUT2D eigenvalue weighted by Gasteiger charge is 2.11. The second-order valence-electron chi connectivity index (χ2n) is 4.60. The van der Waals surface area contributed by atoms with Crippen molar-refractivity contribution >= 4 is 0 Å². The van der Waals surface area contributed by atoms with E-state index in [0.717, 1.165) is 0 Å². The van der Waals surface area contributed by atoms with E-state index in [1.807, 2.05) is 13.2 Å². The Morgan fingerprint density at radius 2 is 1.89 bits per heavy atom. The van der Waals surface area contributed by atoms with Crippen LogP contribution >= 0.6 is 0 Å². The molecule has 1 N–H and O–H groups in total. The maximum absolute atomic E-state index is 11.8. The molecule has 0 saturated heterocycles. The second kappa shape index (κ2) is 5.23. The Morgan fingerprint density at radius 3 is 2.39 bits per heavy atom. The average Bonchev–Trinajstić information content (AvgIpc) is 2.69. The van der Waals surface area contributed by atoms with Crippen LogP contribution in [0, 0.1) is 6.92 Å². The molecule has 2 rings (SSSR count). The van der Waals surface area contributed by atoms with E-state index in [-0.39, 0.29) is 11.7 Å². The van der Waals surface area contributed by atoms with Gasteiger partial charge in [-0.2, -0.15) is 0 Å². The number of imidazole rings is 1. The van der Waals surface area contributed by atoms with Gasteiger partial charge in [0.1, 0.15) is 0 Å². The molecule has 0 bridgehead atoms. The van der Waals surface area contributed by atoms with Crippen LogP contribution in [-0.4, -0.2) is 16.2 Å². The van der Waals surface area contributed by atoms with Crippen LogP contribution in [-0.2, 0) is 13.6 Å². The zero-order chi connectivity index (χ0) is 13.1. The van der Waals surface area contributed by atoms with Crippen molar-refractivity contribution in [2.24, 2.45) is 7.05 Å². The molecule has 96 valence electrons. The van der Waals surface area contributed by atoms with Gasteiger partial charge in [0.05, 0.1) is 6.04 Å². The van der Waals surface area contributed by atoms with Crippen molar-refractivity contribution in [3.63, 3.8) is 0 Å². The molecule has 4 nitrogen and oxygen atoms in total. The minimum Gasteiger partial charge on any atom is -0.312 e. The highest BCUT2D eigenvalue weighted by molar-refractivity contribution is 5.24. The third-order valence-electron chi connectivity index (χ3n) is 3.23. The lowest BCUT2D eigenvalue weighted by atomic mass is 10.1. The van der Waals surface area contributed by atoms with E-state index < -0.39 is 0 Å². The molecule has 1 atom stereocenters. The number of hydrogen-bond donors (Lipinski definition) is 1. The molecule has 1 unspecified atom stereocenters. The Bertz CT molecular complexity index is 565. The van der Waals surface area contributed by atoms with Crippen LogP contribution in [0.3, 0.4) is 0 Å². The highest BCUT2D eigenvalue weighted by atomic mass is 16.1. The number of nitrogens with zero attached hydrogens (tertiary/aromatic N) is 2. The number of benzene rings is 1. The molecule has 0 fully saturated rings. The summed E-state index contributed by atoms with van der Waals surface area (Å²) >= 11 is 0. The van der Waals surface area contributed by atoms with E-state index in [4.69, 9.17) is 0 Å². The zero-order valence-corrected chi connectivity index (χ0v) is 11.1. The number of likely N-dealkylation sites (N-methyl/N-ethyl adjacent to an activating group) is 1. The lowest BCUT2D eigenvalue weighted by Gasteiger charge is -2.17.